The van der Waals surface area contributed by atoms with Gasteiger partial charge in [0.15, 0.2) is 0 Å². The molecule has 18 heavy (non-hydrogen) atoms. The first-order valence-corrected chi connectivity index (χ1v) is 6.54. The van der Waals surface area contributed by atoms with Crippen LogP contribution in [0.15, 0.2) is 24.3 Å². The van der Waals surface area contributed by atoms with Crippen LogP contribution in [0, 0.1) is 0 Å². The van der Waals surface area contributed by atoms with Gasteiger partial charge in [-0.25, -0.2) is 0 Å². The maximum Gasteiger partial charge on any atom is 0.105 e. The second-order valence-electron chi connectivity index (χ2n) is 4.81. The molecule has 0 amide bonds. The fourth-order valence-electron chi connectivity index (χ4n) is 2.39. The number of rotatable bonds is 5. The summed E-state index contributed by atoms with van der Waals surface area (Å²) >= 11 is 0. The van der Waals surface area contributed by atoms with Crippen molar-refractivity contribution in [1.82, 2.24) is 0 Å². The highest BCUT2D eigenvalue weighted by atomic mass is 16.3. The molecular formula is C14H21NO3. The first-order chi connectivity index (χ1) is 8.72. The highest BCUT2D eigenvalue weighted by Crippen LogP contribution is 2.26. The Bertz CT molecular complexity index is 377. The highest BCUT2D eigenvalue weighted by molar-refractivity contribution is 5.49. The Kier molecular flexibility index (Phi) is 4.58. The summed E-state index contributed by atoms with van der Waals surface area (Å²) in [5.74, 6) is 0. The third-order valence-electron chi connectivity index (χ3n) is 3.47. The number of aliphatic hydroxyl groups is 3. The molecule has 1 aliphatic heterocycles. The summed E-state index contributed by atoms with van der Waals surface area (Å²) in [6.07, 6.45) is 0.762. The van der Waals surface area contributed by atoms with E-state index in [1.165, 1.54) is 12.8 Å². The molecule has 0 saturated carbocycles. The van der Waals surface area contributed by atoms with Crippen molar-refractivity contribution in [3.05, 3.63) is 29.8 Å². The fourth-order valence-corrected chi connectivity index (χ4v) is 2.39. The molecule has 0 bridgehead atoms. The zero-order chi connectivity index (χ0) is 13.0. The van der Waals surface area contributed by atoms with Crippen molar-refractivity contribution in [1.29, 1.82) is 0 Å². The quantitative estimate of drug-likeness (QED) is 0.732. The van der Waals surface area contributed by atoms with Crippen molar-refractivity contribution in [2.24, 2.45) is 0 Å². The van der Waals surface area contributed by atoms with Crippen LogP contribution < -0.4 is 4.90 Å². The second kappa shape index (κ2) is 6.18. The predicted octanol–water partition coefficient (Wildman–Crippen LogP) is 1.06. The molecule has 1 saturated heterocycles. The Hall–Kier alpha value is -1.10. The van der Waals surface area contributed by atoms with E-state index >= 15 is 0 Å². The summed E-state index contributed by atoms with van der Waals surface area (Å²) in [7, 11) is 0. The van der Waals surface area contributed by atoms with Crippen LogP contribution >= 0.6 is 0 Å². The van der Waals surface area contributed by atoms with Gasteiger partial charge in [0.25, 0.3) is 0 Å². The molecule has 0 aromatic heterocycles. The lowest BCUT2D eigenvalue weighted by Crippen LogP contribution is -2.21. The van der Waals surface area contributed by atoms with Gasteiger partial charge in [-0.1, -0.05) is 12.1 Å². The minimum atomic E-state index is -0.931. The lowest BCUT2D eigenvalue weighted by atomic mass is 10.0. The zero-order valence-electron chi connectivity index (χ0n) is 10.5. The Morgan fingerprint density at radius 1 is 1.17 bits per heavy atom. The van der Waals surface area contributed by atoms with Gasteiger partial charge in [0, 0.05) is 25.4 Å². The number of benzene rings is 1. The average molecular weight is 251 g/mol. The number of nitrogens with zero attached hydrogens (tertiary/aromatic N) is 1. The van der Waals surface area contributed by atoms with Gasteiger partial charge in [-0.3, -0.25) is 0 Å². The molecular weight excluding hydrogens is 230 g/mol. The molecule has 100 valence electrons. The Morgan fingerprint density at radius 2 is 1.89 bits per heavy atom. The summed E-state index contributed by atoms with van der Waals surface area (Å²) < 4.78 is 0. The van der Waals surface area contributed by atoms with Crippen molar-refractivity contribution < 1.29 is 15.3 Å². The van der Waals surface area contributed by atoms with Gasteiger partial charge in [0.2, 0.25) is 0 Å². The lowest BCUT2D eigenvalue weighted by Gasteiger charge is -2.21. The van der Waals surface area contributed by atoms with Crippen LogP contribution in [0.1, 0.15) is 30.9 Å². The first kappa shape index (κ1) is 13.3. The molecule has 1 aliphatic rings. The minimum Gasteiger partial charge on any atom is -0.396 e. The minimum absolute atomic E-state index is 0.121. The Morgan fingerprint density at radius 3 is 2.56 bits per heavy atom. The Labute approximate surface area is 107 Å². The van der Waals surface area contributed by atoms with Gasteiger partial charge in [-0.2, -0.15) is 0 Å². The third-order valence-corrected chi connectivity index (χ3v) is 3.47. The van der Waals surface area contributed by atoms with Crippen LogP contribution in [0.2, 0.25) is 0 Å². The summed E-state index contributed by atoms with van der Waals surface area (Å²) in [5, 5.41) is 28.5. The Balaban J connectivity index is 2.10. The summed E-state index contributed by atoms with van der Waals surface area (Å²) in [6, 6.07) is 7.67. The van der Waals surface area contributed by atoms with Gasteiger partial charge in [0.1, 0.15) is 6.10 Å². The number of aliphatic hydroxyl groups excluding tert-OH is 3. The van der Waals surface area contributed by atoms with Gasteiger partial charge >= 0.3 is 0 Å². The molecule has 3 N–H and O–H groups in total. The standard InChI is InChI=1S/C14H21NO3/c16-9-6-13(17)14(18)11-4-3-5-12(10-11)15-7-1-2-8-15/h3-5,10,13-14,16-18H,1-2,6-9H2. The molecule has 4 heteroatoms. The largest absolute Gasteiger partial charge is 0.396 e. The van der Waals surface area contributed by atoms with E-state index in [-0.39, 0.29) is 13.0 Å². The fraction of sp³-hybridized carbons (Fsp3) is 0.571. The zero-order valence-corrected chi connectivity index (χ0v) is 10.5. The van der Waals surface area contributed by atoms with Crippen molar-refractivity contribution in [3.8, 4) is 0 Å². The van der Waals surface area contributed by atoms with Crippen LogP contribution in [0.3, 0.4) is 0 Å². The van der Waals surface area contributed by atoms with E-state index < -0.39 is 12.2 Å². The molecule has 2 rings (SSSR count). The molecule has 0 aliphatic carbocycles. The van der Waals surface area contributed by atoms with Gasteiger partial charge in [0.05, 0.1) is 6.10 Å². The van der Waals surface area contributed by atoms with E-state index in [1.54, 1.807) is 0 Å². The van der Waals surface area contributed by atoms with E-state index in [1.807, 2.05) is 24.3 Å². The predicted molar refractivity (Wildman–Crippen MR) is 70.6 cm³/mol. The molecule has 4 nitrogen and oxygen atoms in total. The van der Waals surface area contributed by atoms with Gasteiger partial charge in [-0.05, 0) is 37.0 Å². The molecule has 2 unspecified atom stereocenters. The van der Waals surface area contributed by atoms with E-state index in [4.69, 9.17) is 5.11 Å². The van der Waals surface area contributed by atoms with Gasteiger partial charge in [-0.15, -0.1) is 0 Å². The molecule has 0 radical (unpaired) electrons. The van der Waals surface area contributed by atoms with E-state index in [2.05, 4.69) is 4.90 Å². The molecule has 0 spiro atoms. The second-order valence-corrected chi connectivity index (χ2v) is 4.81. The SMILES string of the molecule is OCCC(O)C(O)c1cccc(N2CCCC2)c1. The van der Waals surface area contributed by atoms with Crippen LogP contribution in [0.25, 0.3) is 0 Å². The van der Waals surface area contributed by atoms with Crippen molar-refractivity contribution in [2.45, 2.75) is 31.5 Å². The molecule has 1 aromatic rings. The molecule has 1 aromatic carbocycles. The van der Waals surface area contributed by atoms with Gasteiger partial charge < -0.3 is 20.2 Å². The van der Waals surface area contributed by atoms with E-state index in [9.17, 15) is 10.2 Å². The summed E-state index contributed by atoms with van der Waals surface area (Å²) in [5.41, 5.74) is 1.81. The molecule has 2 atom stereocenters. The van der Waals surface area contributed by atoms with E-state index in [0.29, 0.717) is 5.56 Å². The monoisotopic (exact) mass is 251 g/mol. The van der Waals surface area contributed by atoms with Crippen LogP contribution in [-0.4, -0.2) is 41.1 Å². The van der Waals surface area contributed by atoms with Crippen molar-refractivity contribution in [3.63, 3.8) is 0 Å². The van der Waals surface area contributed by atoms with Crippen LogP contribution in [0.4, 0.5) is 5.69 Å². The van der Waals surface area contributed by atoms with Crippen molar-refractivity contribution in [2.75, 3.05) is 24.6 Å². The maximum absolute atomic E-state index is 10.0. The van der Waals surface area contributed by atoms with E-state index in [0.717, 1.165) is 18.8 Å². The van der Waals surface area contributed by atoms with Crippen molar-refractivity contribution >= 4 is 5.69 Å². The number of hydrogen-bond donors (Lipinski definition) is 3. The number of anilines is 1. The normalized spacial score (nSPS) is 18.9. The topological polar surface area (TPSA) is 63.9 Å². The molecule has 1 heterocycles. The summed E-state index contributed by atoms with van der Waals surface area (Å²) in [6.45, 7) is 1.99. The first-order valence-electron chi connectivity index (χ1n) is 6.54. The lowest BCUT2D eigenvalue weighted by molar-refractivity contribution is 0.00424. The average Bonchev–Trinajstić information content (AvgIpc) is 2.92. The third kappa shape index (κ3) is 3.02. The maximum atomic E-state index is 10.0. The summed E-state index contributed by atoms with van der Waals surface area (Å²) in [4.78, 5) is 2.29. The highest BCUT2D eigenvalue weighted by Gasteiger charge is 2.19. The molecule has 1 fully saturated rings. The number of hydrogen-bond acceptors (Lipinski definition) is 4. The van der Waals surface area contributed by atoms with Crippen LogP contribution in [0.5, 0.6) is 0 Å². The van der Waals surface area contributed by atoms with Crippen LogP contribution in [-0.2, 0) is 0 Å². The smallest absolute Gasteiger partial charge is 0.105 e.